The molecule has 5 heteroatoms. The van der Waals surface area contributed by atoms with Gasteiger partial charge in [-0.25, -0.2) is 4.98 Å². The Morgan fingerprint density at radius 1 is 1.30 bits per heavy atom. The van der Waals surface area contributed by atoms with E-state index in [1.54, 1.807) is 11.3 Å². The van der Waals surface area contributed by atoms with Crippen molar-refractivity contribution in [3.63, 3.8) is 0 Å². The molecule has 20 heavy (non-hydrogen) atoms. The van der Waals surface area contributed by atoms with Gasteiger partial charge < -0.3 is 10.1 Å². The molecule has 0 bridgehead atoms. The van der Waals surface area contributed by atoms with Crippen LogP contribution in [0.15, 0.2) is 36.4 Å². The third-order valence-electron chi connectivity index (χ3n) is 3.28. The molecule has 0 spiro atoms. The number of rotatable bonds is 1. The number of hydrogen-bond acceptors (Lipinski definition) is 4. The van der Waals surface area contributed by atoms with Crippen molar-refractivity contribution in [1.29, 1.82) is 0 Å². The highest BCUT2D eigenvalue weighted by atomic mass is 35.5. The van der Waals surface area contributed by atoms with Crippen molar-refractivity contribution >= 4 is 38.8 Å². The number of benzene rings is 2. The first-order chi connectivity index (χ1) is 9.70. The molecule has 1 aromatic heterocycles. The lowest BCUT2D eigenvalue weighted by Crippen LogP contribution is -2.09. The lowest BCUT2D eigenvalue weighted by Gasteiger charge is -2.06. The van der Waals surface area contributed by atoms with E-state index < -0.39 is 0 Å². The number of thiazole rings is 1. The zero-order valence-electron chi connectivity index (χ0n) is 10.7. The monoisotopic (exact) mass is 302 g/mol. The minimum absolute atomic E-state index is 0.261. The number of anilines is 1. The maximum Gasteiger partial charge on any atom is 0.223 e. The molecule has 0 aliphatic carbocycles. The molecule has 3 nitrogen and oxygen atoms in total. The van der Waals surface area contributed by atoms with Crippen LogP contribution in [0, 0.1) is 6.92 Å². The molecule has 0 saturated heterocycles. The average molecular weight is 303 g/mol. The van der Waals surface area contributed by atoms with E-state index in [2.05, 4.69) is 29.4 Å². The molecule has 0 amide bonds. The van der Waals surface area contributed by atoms with Crippen LogP contribution in [0.1, 0.15) is 16.8 Å². The highest BCUT2D eigenvalue weighted by Crippen LogP contribution is 2.43. The summed E-state index contributed by atoms with van der Waals surface area (Å²) in [4.78, 5) is 4.64. The molecule has 2 heterocycles. The van der Waals surface area contributed by atoms with Gasteiger partial charge in [0.15, 0.2) is 5.01 Å². The fourth-order valence-electron chi connectivity index (χ4n) is 2.30. The lowest BCUT2D eigenvalue weighted by atomic mass is 10.2. The second-order valence-corrected chi connectivity index (χ2v) is 6.25. The van der Waals surface area contributed by atoms with Gasteiger partial charge in [0.1, 0.15) is 5.75 Å². The number of halogens is 1. The maximum atomic E-state index is 6.16. The van der Waals surface area contributed by atoms with E-state index in [0.717, 1.165) is 22.0 Å². The highest BCUT2D eigenvalue weighted by molar-refractivity contribution is 7.18. The summed E-state index contributed by atoms with van der Waals surface area (Å²) in [6.45, 7) is 2.08. The summed E-state index contributed by atoms with van der Waals surface area (Å²) in [5, 5.41) is 4.87. The zero-order chi connectivity index (χ0) is 13.7. The van der Waals surface area contributed by atoms with Gasteiger partial charge in [-0.3, -0.25) is 0 Å². The van der Waals surface area contributed by atoms with Crippen molar-refractivity contribution in [2.75, 3.05) is 5.32 Å². The fourth-order valence-corrected chi connectivity index (χ4v) is 3.57. The Balaban J connectivity index is 1.73. The summed E-state index contributed by atoms with van der Waals surface area (Å²) < 4.78 is 7.06. The largest absolute Gasteiger partial charge is 0.462 e. The zero-order valence-corrected chi connectivity index (χ0v) is 12.3. The third-order valence-corrected chi connectivity index (χ3v) is 4.66. The minimum atomic E-state index is -0.261. The number of ether oxygens (including phenoxy) is 1. The van der Waals surface area contributed by atoms with Crippen molar-refractivity contribution in [3.05, 3.63) is 52.0 Å². The molecule has 0 fully saturated rings. The smallest absolute Gasteiger partial charge is 0.223 e. The minimum Gasteiger partial charge on any atom is -0.462 e. The van der Waals surface area contributed by atoms with Crippen molar-refractivity contribution in [3.8, 4) is 5.75 Å². The Labute approximate surface area is 125 Å². The molecule has 3 aromatic rings. The predicted molar refractivity (Wildman–Crippen MR) is 82.8 cm³/mol. The van der Waals surface area contributed by atoms with Gasteiger partial charge in [0, 0.05) is 0 Å². The SMILES string of the molecule is Cc1ccc2nc(C3Nc4c(Cl)cccc4O3)sc2c1. The maximum absolute atomic E-state index is 6.16. The molecule has 4 rings (SSSR count). The number of para-hydroxylation sites is 1. The molecule has 1 aliphatic rings. The first-order valence-corrected chi connectivity index (χ1v) is 7.49. The Morgan fingerprint density at radius 2 is 2.20 bits per heavy atom. The number of hydrogen-bond donors (Lipinski definition) is 1. The van der Waals surface area contributed by atoms with E-state index in [0.29, 0.717) is 5.02 Å². The van der Waals surface area contributed by atoms with Crippen molar-refractivity contribution in [2.24, 2.45) is 0 Å². The normalized spacial score (nSPS) is 16.8. The molecule has 2 aromatic carbocycles. The van der Waals surface area contributed by atoms with Crippen LogP contribution in [0.4, 0.5) is 5.69 Å². The predicted octanol–water partition coefficient (Wildman–Crippen LogP) is 4.76. The second-order valence-electron chi connectivity index (χ2n) is 4.78. The van der Waals surface area contributed by atoms with Gasteiger partial charge in [-0.15, -0.1) is 11.3 Å². The highest BCUT2D eigenvalue weighted by Gasteiger charge is 2.27. The van der Waals surface area contributed by atoms with Crippen LogP contribution in [-0.2, 0) is 0 Å². The summed E-state index contributed by atoms with van der Waals surface area (Å²) in [5.41, 5.74) is 3.08. The van der Waals surface area contributed by atoms with E-state index in [1.165, 1.54) is 10.3 Å². The van der Waals surface area contributed by atoms with Gasteiger partial charge in [0.2, 0.25) is 6.23 Å². The van der Waals surface area contributed by atoms with Gasteiger partial charge in [0.05, 0.1) is 20.9 Å². The summed E-state index contributed by atoms with van der Waals surface area (Å²) >= 11 is 7.81. The molecular weight excluding hydrogens is 292 g/mol. The van der Waals surface area contributed by atoms with E-state index in [4.69, 9.17) is 16.3 Å². The third kappa shape index (κ3) is 1.84. The molecule has 0 radical (unpaired) electrons. The van der Waals surface area contributed by atoms with Crippen molar-refractivity contribution in [2.45, 2.75) is 13.2 Å². The molecule has 1 atom stereocenters. The number of nitrogens with one attached hydrogen (secondary N) is 1. The summed E-state index contributed by atoms with van der Waals surface area (Å²) in [6, 6.07) is 11.9. The van der Waals surface area contributed by atoms with Crippen molar-refractivity contribution in [1.82, 2.24) is 4.98 Å². The van der Waals surface area contributed by atoms with Crippen LogP contribution in [0.25, 0.3) is 10.2 Å². The first kappa shape index (κ1) is 12.0. The van der Waals surface area contributed by atoms with Gasteiger partial charge in [-0.1, -0.05) is 23.7 Å². The van der Waals surface area contributed by atoms with E-state index >= 15 is 0 Å². The van der Waals surface area contributed by atoms with Crippen LogP contribution in [0.2, 0.25) is 5.02 Å². The lowest BCUT2D eigenvalue weighted by molar-refractivity contribution is 0.259. The number of aromatic nitrogens is 1. The molecule has 100 valence electrons. The summed E-state index contributed by atoms with van der Waals surface area (Å²) in [7, 11) is 0. The quantitative estimate of drug-likeness (QED) is 0.703. The standard InChI is InChI=1S/C15H11ClN2OS/c1-8-5-6-10-12(7-8)20-15(17-10)14-18-13-9(16)3-2-4-11(13)19-14/h2-7,14,18H,1H3. The van der Waals surface area contributed by atoms with Crippen LogP contribution >= 0.6 is 22.9 Å². The molecular formula is C15H11ClN2OS. The topological polar surface area (TPSA) is 34.2 Å². The van der Waals surface area contributed by atoms with Crippen molar-refractivity contribution < 1.29 is 4.74 Å². The van der Waals surface area contributed by atoms with E-state index in [-0.39, 0.29) is 6.23 Å². The molecule has 1 N–H and O–H groups in total. The molecule has 0 saturated carbocycles. The van der Waals surface area contributed by atoms with Crippen LogP contribution in [0.5, 0.6) is 5.75 Å². The molecule has 1 aliphatic heterocycles. The van der Waals surface area contributed by atoms with E-state index in [9.17, 15) is 0 Å². The average Bonchev–Trinajstić information content (AvgIpc) is 3.01. The van der Waals surface area contributed by atoms with Crippen LogP contribution < -0.4 is 10.1 Å². The van der Waals surface area contributed by atoms with Gasteiger partial charge in [0.25, 0.3) is 0 Å². The number of fused-ring (bicyclic) bond motifs is 2. The Bertz CT molecular complexity index is 815. The molecule has 1 unspecified atom stereocenters. The Morgan fingerprint density at radius 3 is 3.05 bits per heavy atom. The number of aryl methyl sites for hydroxylation is 1. The van der Waals surface area contributed by atoms with Crippen LogP contribution in [0.3, 0.4) is 0 Å². The summed E-state index contributed by atoms with van der Waals surface area (Å²) in [6.07, 6.45) is -0.261. The Kier molecular flexibility index (Phi) is 2.62. The van der Waals surface area contributed by atoms with Crippen LogP contribution in [-0.4, -0.2) is 4.98 Å². The summed E-state index contributed by atoms with van der Waals surface area (Å²) in [5.74, 6) is 0.776. The van der Waals surface area contributed by atoms with E-state index in [1.807, 2.05) is 24.3 Å². The Hall–Kier alpha value is -1.78. The van der Waals surface area contributed by atoms with Gasteiger partial charge in [-0.05, 0) is 36.8 Å². The van der Waals surface area contributed by atoms with Gasteiger partial charge >= 0.3 is 0 Å². The second kappa shape index (κ2) is 4.36. The van der Waals surface area contributed by atoms with Gasteiger partial charge in [-0.2, -0.15) is 0 Å². The first-order valence-electron chi connectivity index (χ1n) is 6.29. The number of nitrogens with zero attached hydrogens (tertiary/aromatic N) is 1. The fraction of sp³-hybridized carbons (Fsp3) is 0.133.